The summed E-state index contributed by atoms with van der Waals surface area (Å²) < 4.78 is 27.5. The van der Waals surface area contributed by atoms with Crippen molar-refractivity contribution in [2.24, 2.45) is 0 Å². The van der Waals surface area contributed by atoms with Gasteiger partial charge in [0.2, 0.25) is 5.91 Å². The first-order valence-corrected chi connectivity index (χ1v) is 9.22. The Hall–Kier alpha value is -2.85. The van der Waals surface area contributed by atoms with E-state index >= 15 is 0 Å². The maximum atomic E-state index is 13.1. The molecule has 1 aliphatic rings. The van der Waals surface area contributed by atoms with Crippen LogP contribution < -0.4 is 9.21 Å². The largest absolute Gasteiger partial charge is 0.306 e. The average Bonchev–Trinajstić information content (AvgIpc) is 2.60. The van der Waals surface area contributed by atoms with E-state index in [2.05, 4.69) is 0 Å². The molecule has 2 aromatic carbocycles. The number of hydrogen-bond acceptors (Lipinski definition) is 4. The molecule has 6 nitrogen and oxygen atoms in total. The summed E-state index contributed by atoms with van der Waals surface area (Å²) in [5, 5.41) is 8.88. The molecule has 2 aromatic rings. The topological polar surface area (TPSA) is 81.5 Å². The summed E-state index contributed by atoms with van der Waals surface area (Å²) in [7, 11) is -3.80. The summed E-state index contributed by atoms with van der Waals surface area (Å²) in [5.74, 6) is -0.129. The Morgan fingerprint density at radius 3 is 2.28 bits per heavy atom. The monoisotopic (exact) mass is 355 g/mol. The van der Waals surface area contributed by atoms with Crippen molar-refractivity contribution in [2.45, 2.75) is 24.8 Å². The minimum atomic E-state index is -3.80. The van der Waals surface area contributed by atoms with Gasteiger partial charge in [-0.2, -0.15) is 5.26 Å². The van der Waals surface area contributed by atoms with Gasteiger partial charge in [-0.1, -0.05) is 12.1 Å². The number of fused-ring (bicyclic) bond motifs is 1. The number of carbonyl (C=O) groups is 1. The first-order chi connectivity index (χ1) is 11.9. The van der Waals surface area contributed by atoms with Crippen molar-refractivity contribution in [3.05, 3.63) is 54.1 Å². The summed E-state index contributed by atoms with van der Waals surface area (Å²) in [6.45, 7) is 3.45. The normalized spacial score (nSPS) is 16.9. The van der Waals surface area contributed by atoms with Crippen LogP contribution in [0.15, 0.2) is 53.4 Å². The van der Waals surface area contributed by atoms with Gasteiger partial charge in [0.1, 0.15) is 0 Å². The lowest BCUT2D eigenvalue weighted by Crippen LogP contribution is -2.51. The second-order valence-corrected chi connectivity index (χ2v) is 7.76. The van der Waals surface area contributed by atoms with Gasteiger partial charge in [0.05, 0.1) is 40.5 Å². The lowest BCUT2D eigenvalue weighted by molar-refractivity contribution is -0.117. The Kier molecular flexibility index (Phi) is 4.23. The van der Waals surface area contributed by atoms with E-state index < -0.39 is 10.0 Å². The van der Waals surface area contributed by atoms with Gasteiger partial charge in [0.15, 0.2) is 0 Å². The van der Waals surface area contributed by atoms with Crippen molar-refractivity contribution < 1.29 is 13.2 Å². The van der Waals surface area contributed by atoms with Gasteiger partial charge in [-0.25, -0.2) is 8.42 Å². The minimum absolute atomic E-state index is 0.116. The lowest BCUT2D eigenvalue weighted by Gasteiger charge is -2.40. The molecule has 0 N–H and O–H groups in total. The van der Waals surface area contributed by atoms with Crippen molar-refractivity contribution in [3.8, 4) is 6.07 Å². The summed E-state index contributed by atoms with van der Waals surface area (Å²) in [5.41, 5.74) is 1.44. The number of nitriles is 1. The minimum Gasteiger partial charge on any atom is -0.306 e. The molecule has 25 heavy (non-hydrogen) atoms. The van der Waals surface area contributed by atoms with Crippen LogP contribution in [0.3, 0.4) is 0 Å². The highest BCUT2D eigenvalue weighted by Gasteiger charge is 2.36. The van der Waals surface area contributed by atoms with Crippen LogP contribution >= 0.6 is 0 Å². The van der Waals surface area contributed by atoms with Gasteiger partial charge < -0.3 is 4.90 Å². The zero-order valence-electron chi connectivity index (χ0n) is 13.9. The van der Waals surface area contributed by atoms with Gasteiger partial charge in [-0.15, -0.1) is 0 Å². The summed E-state index contributed by atoms with van der Waals surface area (Å²) >= 11 is 0. The molecule has 0 fully saturated rings. The van der Waals surface area contributed by atoms with E-state index in [1.54, 1.807) is 29.2 Å². The van der Waals surface area contributed by atoms with Crippen molar-refractivity contribution in [1.82, 2.24) is 0 Å². The zero-order valence-corrected chi connectivity index (χ0v) is 14.7. The molecule has 128 valence electrons. The second kappa shape index (κ2) is 6.22. The van der Waals surface area contributed by atoms with Crippen molar-refractivity contribution in [1.29, 1.82) is 5.26 Å². The Morgan fingerprint density at radius 2 is 1.72 bits per heavy atom. The number of benzene rings is 2. The molecule has 1 heterocycles. The van der Waals surface area contributed by atoms with Crippen molar-refractivity contribution in [3.63, 3.8) is 0 Å². The molecule has 1 aliphatic heterocycles. The number of para-hydroxylation sites is 2. The molecule has 3 rings (SSSR count). The number of nitrogens with zero attached hydrogens (tertiary/aromatic N) is 3. The van der Waals surface area contributed by atoms with E-state index in [4.69, 9.17) is 5.26 Å². The van der Waals surface area contributed by atoms with Crippen LogP contribution in [-0.4, -0.2) is 26.9 Å². The van der Waals surface area contributed by atoms with Crippen LogP contribution in [0.4, 0.5) is 11.4 Å². The third kappa shape index (κ3) is 2.85. The van der Waals surface area contributed by atoms with Gasteiger partial charge in [0, 0.05) is 6.92 Å². The second-order valence-electron chi connectivity index (χ2n) is 5.90. The van der Waals surface area contributed by atoms with Gasteiger partial charge in [-0.05, 0) is 43.3 Å². The molecule has 0 unspecified atom stereocenters. The van der Waals surface area contributed by atoms with Crippen LogP contribution in [-0.2, 0) is 14.8 Å². The first-order valence-electron chi connectivity index (χ1n) is 7.78. The quantitative estimate of drug-likeness (QED) is 0.829. The predicted octanol–water partition coefficient (Wildman–Crippen LogP) is 2.51. The molecular formula is C18H17N3O3S. The molecule has 0 spiro atoms. The third-order valence-electron chi connectivity index (χ3n) is 4.19. The van der Waals surface area contributed by atoms with Crippen LogP contribution in [0, 0.1) is 11.3 Å². The van der Waals surface area contributed by atoms with Crippen LogP contribution in [0.5, 0.6) is 0 Å². The zero-order chi connectivity index (χ0) is 18.2. The smallest absolute Gasteiger partial charge is 0.264 e. The number of amides is 1. The van der Waals surface area contributed by atoms with E-state index in [1.165, 1.54) is 35.5 Å². The predicted molar refractivity (Wildman–Crippen MR) is 94.8 cm³/mol. The first kappa shape index (κ1) is 17.0. The SMILES string of the molecule is CC(=O)N1c2ccccc2N(S(=O)(=O)c2ccc(C#N)cc2)C[C@@H]1C. The molecular weight excluding hydrogens is 338 g/mol. The van der Waals surface area contributed by atoms with Crippen LogP contribution in [0.1, 0.15) is 19.4 Å². The fraction of sp³-hybridized carbons (Fsp3) is 0.222. The van der Waals surface area contributed by atoms with Crippen LogP contribution in [0.2, 0.25) is 0 Å². The summed E-state index contributed by atoms with van der Waals surface area (Å²) in [6.07, 6.45) is 0. The van der Waals surface area contributed by atoms with E-state index in [0.717, 1.165) is 0 Å². The van der Waals surface area contributed by atoms with E-state index in [1.807, 2.05) is 13.0 Å². The number of rotatable bonds is 2. The molecule has 1 atom stereocenters. The standard InChI is InChI=1S/C18H17N3O3S/c1-13-12-20(17-5-3-4-6-18(17)21(13)14(2)22)25(23,24)16-9-7-15(11-19)8-10-16/h3-10,13H,12H2,1-2H3/t13-/m0/s1. The Labute approximate surface area is 147 Å². The van der Waals surface area contributed by atoms with Gasteiger partial charge in [-0.3, -0.25) is 9.10 Å². The van der Waals surface area contributed by atoms with Crippen molar-refractivity contribution in [2.75, 3.05) is 15.7 Å². The molecule has 0 radical (unpaired) electrons. The Bertz CT molecular complexity index is 962. The number of sulfonamides is 1. The summed E-state index contributed by atoms with van der Waals surface area (Å²) in [4.78, 5) is 13.7. The highest BCUT2D eigenvalue weighted by Crippen LogP contribution is 2.38. The Morgan fingerprint density at radius 1 is 1.12 bits per heavy atom. The third-order valence-corrected chi connectivity index (χ3v) is 5.99. The molecule has 1 amide bonds. The molecule has 0 bridgehead atoms. The fourth-order valence-corrected chi connectivity index (χ4v) is 4.63. The summed E-state index contributed by atoms with van der Waals surface area (Å²) in [6, 6.07) is 14.5. The van der Waals surface area contributed by atoms with E-state index in [-0.39, 0.29) is 23.4 Å². The van der Waals surface area contributed by atoms with E-state index in [0.29, 0.717) is 16.9 Å². The Balaban J connectivity index is 2.11. The highest BCUT2D eigenvalue weighted by atomic mass is 32.2. The molecule has 0 saturated heterocycles. The van der Waals surface area contributed by atoms with Gasteiger partial charge in [0.25, 0.3) is 10.0 Å². The maximum Gasteiger partial charge on any atom is 0.264 e. The lowest BCUT2D eigenvalue weighted by atomic mass is 10.1. The highest BCUT2D eigenvalue weighted by molar-refractivity contribution is 7.92. The maximum absolute atomic E-state index is 13.1. The molecule has 0 saturated carbocycles. The molecule has 7 heteroatoms. The van der Waals surface area contributed by atoms with Crippen molar-refractivity contribution >= 4 is 27.3 Å². The number of anilines is 2. The van der Waals surface area contributed by atoms with Crippen LogP contribution in [0.25, 0.3) is 0 Å². The molecule has 0 aromatic heterocycles. The average molecular weight is 355 g/mol. The molecule has 0 aliphatic carbocycles. The van der Waals surface area contributed by atoms with E-state index in [9.17, 15) is 13.2 Å². The van der Waals surface area contributed by atoms with Gasteiger partial charge >= 0.3 is 0 Å². The number of hydrogen-bond donors (Lipinski definition) is 0. The number of carbonyl (C=O) groups excluding carboxylic acids is 1. The fourth-order valence-electron chi connectivity index (χ4n) is 3.07.